The summed E-state index contributed by atoms with van der Waals surface area (Å²) in [5.41, 5.74) is 2.71. The molecule has 0 bridgehead atoms. The Hall–Kier alpha value is -2.86. The van der Waals surface area contributed by atoms with Gasteiger partial charge >= 0.3 is 0 Å². The summed E-state index contributed by atoms with van der Waals surface area (Å²) in [6, 6.07) is 15.6. The highest BCUT2D eigenvalue weighted by atomic mass is 16.5. The fraction of sp³-hybridized carbons (Fsp3) is 0.333. The van der Waals surface area contributed by atoms with E-state index in [0.29, 0.717) is 6.54 Å². The van der Waals surface area contributed by atoms with Crippen molar-refractivity contribution in [1.29, 1.82) is 0 Å². The van der Waals surface area contributed by atoms with Crippen molar-refractivity contribution >= 4 is 16.9 Å². The summed E-state index contributed by atoms with van der Waals surface area (Å²) >= 11 is 0. The van der Waals surface area contributed by atoms with E-state index in [1.165, 1.54) is 0 Å². The normalized spacial score (nSPS) is 16.6. The Labute approximate surface area is 158 Å². The highest BCUT2D eigenvalue weighted by molar-refractivity contribution is 5.84. The van der Waals surface area contributed by atoms with Crippen LogP contribution in [-0.2, 0) is 16.1 Å². The summed E-state index contributed by atoms with van der Waals surface area (Å²) in [5, 5.41) is 2.99. The lowest BCUT2D eigenvalue weighted by atomic mass is 10.2. The van der Waals surface area contributed by atoms with Gasteiger partial charge in [0.25, 0.3) is 0 Å². The zero-order valence-corrected chi connectivity index (χ0v) is 15.4. The van der Waals surface area contributed by atoms with Gasteiger partial charge in [-0.05, 0) is 37.1 Å². The van der Waals surface area contributed by atoms with Gasteiger partial charge in [0, 0.05) is 18.7 Å². The van der Waals surface area contributed by atoms with Crippen LogP contribution < -0.4 is 10.1 Å². The molecule has 27 heavy (non-hydrogen) atoms. The fourth-order valence-electron chi connectivity index (χ4n) is 3.45. The Morgan fingerprint density at radius 3 is 3.00 bits per heavy atom. The van der Waals surface area contributed by atoms with Crippen molar-refractivity contribution in [1.82, 2.24) is 14.9 Å². The van der Waals surface area contributed by atoms with Crippen LogP contribution in [0.25, 0.3) is 22.4 Å². The average molecular weight is 365 g/mol. The lowest BCUT2D eigenvalue weighted by molar-refractivity contribution is -0.122. The van der Waals surface area contributed by atoms with Gasteiger partial charge in [-0.3, -0.25) is 4.79 Å². The van der Waals surface area contributed by atoms with Crippen LogP contribution in [0.5, 0.6) is 5.75 Å². The van der Waals surface area contributed by atoms with Crippen LogP contribution in [0.1, 0.15) is 12.8 Å². The number of benzene rings is 2. The summed E-state index contributed by atoms with van der Waals surface area (Å²) in [4.78, 5) is 17.3. The molecule has 0 radical (unpaired) electrons. The van der Waals surface area contributed by atoms with Crippen molar-refractivity contribution in [3.63, 3.8) is 0 Å². The van der Waals surface area contributed by atoms with Crippen LogP contribution in [0.15, 0.2) is 48.5 Å². The number of imidazole rings is 1. The molecular formula is C21H23N3O3. The Balaban J connectivity index is 1.62. The number of carbonyl (C=O) groups excluding carboxylic acids is 1. The van der Waals surface area contributed by atoms with Gasteiger partial charge in [-0.2, -0.15) is 0 Å². The number of carbonyl (C=O) groups is 1. The van der Waals surface area contributed by atoms with Gasteiger partial charge < -0.3 is 19.4 Å². The number of hydrogen-bond acceptors (Lipinski definition) is 4. The SMILES string of the molecule is COc1cccc(-c2nc3ccccc3n2CC(=O)NCC2CCCO2)c1. The first-order valence-corrected chi connectivity index (χ1v) is 9.22. The second kappa shape index (κ2) is 7.80. The second-order valence-electron chi connectivity index (χ2n) is 6.68. The molecule has 6 heteroatoms. The van der Waals surface area contributed by atoms with Gasteiger partial charge in [0.05, 0.1) is 24.2 Å². The van der Waals surface area contributed by atoms with E-state index < -0.39 is 0 Å². The minimum atomic E-state index is -0.0437. The number of nitrogens with zero attached hydrogens (tertiary/aromatic N) is 2. The molecule has 1 atom stereocenters. The maximum absolute atomic E-state index is 12.6. The molecule has 2 aromatic carbocycles. The number of hydrogen-bond donors (Lipinski definition) is 1. The first-order valence-electron chi connectivity index (χ1n) is 9.22. The van der Waals surface area contributed by atoms with Gasteiger partial charge in [0.1, 0.15) is 18.1 Å². The number of fused-ring (bicyclic) bond motifs is 1. The van der Waals surface area contributed by atoms with Gasteiger partial charge in [-0.1, -0.05) is 24.3 Å². The second-order valence-corrected chi connectivity index (χ2v) is 6.68. The van der Waals surface area contributed by atoms with Crippen molar-refractivity contribution in [2.75, 3.05) is 20.3 Å². The molecule has 4 rings (SSSR count). The van der Waals surface area contributed by atoms with E-state index in [1.54, 1.807) is 7.11 Å². The van der Waals surface area contributed by atoms with Crippen LogP contribution in [-0.4, -0.2) is 41.8 Å². The monoisotopic (exact) mass is 365 g/mol. The maximum Gasteiger partial charge on any atom is 0.240 e. The van der Waals surface area contributed by atoms with E-state index in [-0.39, 0.29) is 18.6 Å². The minimum Gasteiger partial charge on any atom is -0.497 e. The Kier molecular flexibility index (Phi) is 5.07. The predicted molar refractivity (Wildman–Crippen MR) is 104 cm³/mol. The molecule has 1 saturated heterocycles. The molecule has 1 aliphatic heterocycles. The maximum atomic E-state index is 12.6. The number of methoxy groups -OCH3 is 1. The number of para-hydroxylation sites is 2. The molecule has 1 unspecified atom stereocenters. The molecule has 1 fully saturated rings. The van der Waals surface area contributed by atoms with Crippen molar-refractivity contribution < 1.29 is 14.3 Å². The quantitative estimate of drug-likeness (QED) is 0.729. The van der Waals surface area contributed by atoms with Crippen LogP contribution in [0, 0.1) is 0 Å². The van der Waals surface area contributed by atoms with Crippen LogP contribution in [0.3, 0.4) is 0 Å². The lowest BCUT2D eigenvalue weighted by Crippen LogP contribution is -2.34. The lowest BCUT2D eigenvalue weighted by Gasteiger charge is -2.13. The third-order valence-corrected chi connectivity index (χ3v) is 4.84. The number of nitrogens with one attached hydrogen (secondary N) is 1. The van der Waals surface area contributed by atoms with Crippen LogP contribution in [0.4, 0.5) is 0 Å². The molecule has 0 aliphatic carbocycles. The number of aromatic nitrogens is 2. The first kappa shape index (κ1) is 17.5. The van der Waals surface area contributed by atoms with Gasteiger partial charge in [0.15, 0.2) is 0 Å². The molecule has 6 nitrogen and oxygen atoms in total. The van der Waals surface area contributed by atoms with E-state index in [2.05, 4.69) is 5.32 Å². The molecule has 1 N–H and O–H groups in total. The van der Waals surface area contributed by atoms with Crippen LogP contribution in [0.2, 0.25) is 0 Å². The van der Waals surface area contributed by atoms with Gasteiger partial charge in [-0.15, -0.1) is 0 Å². The highest BCUT2D eigenvalue weighted by Crippen LogP contribution is 2.27. The van der Waals surface area contributed by atoms with Crippen molar-refractivity contribution in [3.8, 4) is 17.1 Å². The van der Waals surface area contributed by atoms with E-state index in [9.17, 15) is 4.79 Å². The molecule has 0 saturated carbocycles. The van der Waals surface area contributed by atoms with Crippen LogP contribution >= 0.6 is 0 Å². The largest absolute Gasteiger partial charge is 0.497 e. The smallest absolute Gasteiger partial charge is 0.240 e. The predicted octanol–water partition coefficient (Wildman–Crippen LogP) is 3.01. The third kappa shape index (κ3) is 3.80. The van der Waals surface area contributed by atoms with E-state index in [1.807, 2.05) is 53.1 Å². The zero-order chi connectivity index (χ0) is 18.6. The summed E-state index contributed by atoms with van der Waals surface area (Å²) in [6.45, 7) is 1.55. The summed E-state index contributed by atoms with van der Waals surface area (Å²) in [7, 11) is 1.64. The molecule has 1 aromatic heterocycles. The Morgan fingerprint density at radius 1 is 1.30 bits per heavy atom. The zero-order valence-electron chi connectivity index (χ0n) is 15.4. The van der Waals surface area contributed by atoms with Gasteiger partial charge in [0.2, 0.25) is 5.91 Å². The first-order chi connectivity index (χ1) is 13.2. The Morgan fingerprint density at radius 2 is 2.19 bits per heavy atom. The minimum absolute atomic E-state index is 0.0437. The standard InChI is InChI=1S/C21H23N3O3/c1-26-16-7-4-6-15(12-16)21-23-18-9-2-3-10-19(18)24(21)14-20(25)22-13-17-8-5-11-27-17/h2-4,6-7,9-10,12,17H,5,8,11,13-14H2,1H3,(H,22,25). The fourth-order valence-corrected chi connectivity index (χ4v) is 3.45. The molecule has 1 aliphatic rings. The van der Waals surface area contributed by atoms with E-state index >= 15 is 0 Å². The van der Waals surface area contributed by atoms with Crippen molar-refractivity contribution in [2.24, 2.45) is 0 Å². The van der Waals surface area contributed by atoms with Gasteiger partial charge in [-0.25, -0.2) is 4.98 Å². The summed E-state index contributed by atoms with van der Waals surface area (Å²) in [6.07, 6.45) is 2.20. The molecule has 2 heterocycles. The molecule has 140 valence electrons. The highest BCUT2D eigenvalue weighted by Gasteiger charge is 2.18. The molecule has 3 aromatic rings. The van der Waals surface area contributed by atoms with E-state index in [0.717, 1.165) is 47.6 Å². The average Bonchev–Trinajstić information content (AvgIpc) is 3.35. The third-order valence-electron chi connectivity index (χ3n) is 4.84. The topological polar surface area (TPSA) is 65.4 Å². The molecule has 0 spiro atoms. The number of rotatable bonds is 6. The van der Waals surface area contributed by atoms with Crippen molar-refractivity contribution in [3.05, 3.63) is 48.5 Å². The molecular weight excluding hydrogens is 342 g/mol. The number of amides is 1. The summed E-state index contributed by atoms with van der Waals surface area (Å²) < 4.78 is 12.9. The summed E-state index contributed by atoms with van der Waals surface area (Å²) in [5.74, 6) is 1.47. The van der Waals surface area contributed by atoms with Crippen molar-refractivity contribution in [2.45, 2.75) is 25.5 Å². The van der Waals surface area contributed by atoms with E-state index in [4.69, 9.17) is 14.5 Å². The Bertz CT molecular complexity index is 945. The molecule has 1 amide bonds. The number of ether oxygens (including phenoxy) is 2.